The van der Waals surface area contributed by atoms with Crippen LogP contribution in [0.4, 0.5) is 0 Å². The lowest BCUT2D eigenvalue weighted by molar-refractivity contribution is 0.180. The molecule has 0 bridgehead atoms. The summed E-state index contributed by atoms with van der Waals surface area (Å²) in [7, 11) is -68.6. The van der Waals surface area contributed by atoms with E-state index in [0.29, 0.717) is 0 Å². The van der Waals surface area contributed by atoms with Gasteiger partial charge >= 0.3 is 93.9 Å². The van der Waals surface area contributed by atoms with E-state index in [1.54, 1.807) is 0 Å². The van der Waals surface area contributed by atoms with E-state index >= 15 is 0 Å². The van der Waals surface area contributed by atoms with E-state index < -0.39 is 93.9 Å². The molecule has 0 aromatic rings. The van der Waals surface area contributed by atoms with Gasteiger partial charge in [0.1, 0.15) is 0 Å². The SMILES string of the molecule is O.O=P(O)(O)OP(=O)(O)OP(=O)(O)O.O=P(O)(O)OP(=O)(O)OP(=O)(O)O.O=P(O)(O)OP(=O)(O)OP(=O)(O)OP(=O)(O)OP(=O)(O)OP(=O)(O)O. The molecule has 0 saturated heterocycles. The predicted molar refractivity (Wildman–Crippen MR) is 145 cm³/mol. The van der Waals surface area contributed by atoms with Gasteiger partial charge in [-0.3, -0.25) is 0 Å². The highest BCUT2D eigenvalue weighted by Crippen LogP contribution is 2.74. The van der Waals surface area contributed by atoms with E-state index in [1.165, 1.54) is 0 Å². The molecule has 0 saturated carbocycles. The molecule has 0 aliphatic carbocycles. The third kappa shape index (κ3) is 42.8. The van der Waals surface area contributed by atoms with Crippen LogP contribution in [0.1, 0.15) is 0 Å². The normalized spacial score (nSPS) is 18.3. The van der Waals surface area contributed by atoms with E-state index in [2.05, 4.69) is 38.8 Å². The molecule has 40 nitrogen and oxygen atoms in total. The van der Waals surface area contributed by atoms with Crippen LogP contribution in [-0.4, -0.2) is 93.6 Å². The molecule has 52 heavy (non-hydrogen) atoms. The lowest BCUT2D eigenvalue weighted by Gasteiger charge is -2.19. The van der Waals surface area contributed by atoms with Gasteiger partial charge in [0, 0.05) is 0 Å². The minimum atomic E-state index is -6.26. The Balaban J connectivity index is -0.000000361. The van der Waals surface area contributed by atoms with Crippen molar-refractivity contribution in [3.05, 3.63) is 0 Å². The summed E-state index contributed by atoms with van der Waals surface area (Å²) in [6.45, 7) is 0. The molecule has 0 aliphatic heterocycles. The van der Waals surface area contributed by atoms with Crippen molar-refractivity contribution in [3.8, 4) is 0 Å². The highest BCUT2D eigenvalue weighted by atomic mass is 31.3. The Kier molecular flexibility index (Phi) is 23.8. The number of hydrogen-bond donors (Lipinski definition) is 18. The van der Waals surface area contributed by atoms with Crippen molar-refractivity contribution in [1.82, 2.24) is 0 Å². The second kappa shape index (κ2) is 20.6. The number of phosphoric acid groups is 12. The smallest absolute Gasteiger partial charge is 0.412 e. The summed E-state index contributed by atoms with van der Waals surface area (Å²) in [5.74, 6) is 0. The first-order chi connectivity index (χ1) is 21.4. The van der Waals surface area contributed by atoms with E-state index in [0.717, 1.165) is 0 Å². The van der Waals surface area contributed by atoms with Crippen molar-refractivity contribution in [2.45, 2.75) is 0 Å². The highest BCUT2D eigenvalue weighted by molar-refractivity contribution is 7.72. The number of rotatable bonds is 18. The molecule has 0 heterocycles. The number of hydrogen-bond acceptors (Lipinski definition) is 21. The van der Waals surface area contributed by atoms with Crippen molar-refractivity contribution in [1.29, 1.82) is 0 Å². The lowest BCUT2D eigenvalue weighted by atomic mass is 15.7. The van der Waals surface area contributed by atoms with Crippen LogP contribution >= 0.6 is 93.9 Å². The molecular weight excluding hydrogens is 1010 g/mol. The zero-order valence-corrected chi connectivity index (χ0v) is 33.2. The first-order valence-corrected chi connectivity index (χ1v) is 27.2. The molecule has 0 rings (SSSR count). The first kappa shape index (κ1) is 60.3. The molecule has 0 aliphatic rings. The zero-order valence-electron chi connectivity index (χ0n) is 22.5. The Morgan fingerprint density at radius 2 is 0.269 bits per heavy atom. The monoisotopic (exact) mass is 1030 g/mol. The standard InChI is InChI=1S/H8O19P6.2H5O10P3.H2O/c1-20(2,3)15-22(7,8)17-24(11,12)19-25(13,14)18-23(9,10)16-21(4,5)6;2*1-11(2,3)9-13(7,8)10-12(4,5)6;/h(H,7,8)(H,9,10)(H,11,12)(H,13,14)(H2,1,2,3)(H2,4,5,6);2*(H,7,8)(H2,1,2,3)(H2,4,5,6);1H2. The first-order valence-electron chi connectivity index (χ1n) is 9.08. The van der Waals surface area contributed by atoms with E-state index in [4.69, 9.17) is 88.1 Å². The van der Waals surface area contributed by atoms with Gasteiger partial charge in [0.15, 0.2) is 0 Å². The lowest BCUT2D eigenvalue weighted by Crippen LogP contribution is -1.98. The Morgan fingerprint density at radius 1 is 0.192 bits per heavy atom. The second-order valence-electron chi connectivity index (χ2n) is 6.49. The third-order valence-corrected chi connectivity index (χ3v) is 16.9. The zero-order chi connectivity index (χ0) is 42.4. The summed E-state index contributed by atoms with van der Waals surface area (Å²) in [5.41, 5.74) is 0. The van der Waals surface area contributed by atoms with Gasteiger partial charge in [-0.2, -0.15) is 38.8 Å². The van der Waals surface area contributed by atoms with Gasteiger partial charge in [-0.05, 0) is 0 Å². The largest absolute Gasteiger partial charge is 0.490 e. The van der Waals surface area contributed by atoms with Crippen molar-refractivity contribution in [2.75, 3.05) is 0 Å². The fourth-order valence-electron chi connectivity index (χ4n) is 1.29. The minimum absolute atomic E-state index is 0. The van der Waals surface area contributed by atoms with Crippen molar-refractivity contribution >= 4 is 93.9 Å². The summed E-state index contributed by atoms with van der Waals surface area (Å²) in [6.07, 6.45) is 0. The van der Waals surface area contributed by atoms with Gasteiger partial charge in [-0.15, -0.1) is 0 Å². The van der Waals surface area contributed by atoms with Gasteiger partial charge in [0.2, 0.25) is 0 Å². The maximum Gasteiger partial charge on any atom is 0.490 e. The van der Waals surface area contributed by atoms with Gasteiger partial charge in [-0.25, -0.2) is 54.8 Å². The third-order valence-electron chi connectivity index (χ3n) is 1.88. The quantitative estimate of drug-likeness (QED) is 0.0628. The molecule has 320 valence electrons. The molecule has 0 aromatic heterocycles. The maximum absolute atomic E-state index is 11.2. The molecule has 0 spiro atoms. The average Bonchev–Trinajstić information content (AvgIpc) is 2.51. The fraction of sp³-hybridized carbons (Fsp3) is 0. The summed E-state index contributed by atoms with van der Waals surface area (Å²) in [6, 6.07) is 0. The Morgan fingerprint density at radius 3 is 0.365 bits per heavy atom. The van der Waals surface area contributed by atoms with Gasteiger partial charge < -0.3 is 93.6 Å². The second-order valence-corrected chi connectivity index (χ2v) is 23.9. The van der Waals surface area contributed by atoms with Crippen LogP contribution in [0, 0.1) is 0 Å². The summed E-state index contributed by atoms with van der Waals surface area (Å²) in [5, 5.41) is 0. The molecule has 52 heteroatoms. The van der Waals surface area contributed by atoms with E-state index in [9.17, 15) is 54.8 Å². The molecule has 0 fully saturated rings. The van der Waals surface area contributed by atoms with E-state index in [1.807, 2.05) is 0 Å². The minimum Gasteiger partial charge on any atom is -0.412 e. The topological polar surface area (TPSA) is 684 Å². The summed E-state index contributed by atoms with van der Waals surface area (Å²) in [4.78, 5) is 149. The van der Waals surface area contributed by atoms with Crippen LogP contribution in [-0.2, 0) is 93.6 Å². The molecule has 0 amide bonds. The Labute approximate surface area is 281 Å². The van der Waals surface area contributed by atoms with Crippen LogP contribution in [0.2, 0.25) is 0 Å². The van der Waals surface area contributed by atoms with Crippen molar-refractivity contribution < 1.29 is 187 Å². The van der Waals surface area contributed by atoms with Crippen LogP contribution in [0.3, 0.4) is 0 Å². The highest BCUT2D eigenvalue weighted by Gasteiger charge is 2.49. The van der Waals surface area contributed by atoms with Gasteiger partial charge in [-0.1, -0.05) is 0 Å². The molecule has 0 aromatic carbocycles. The van der Waals surface area contributed by atoms with Crippen LogP contribution in [0.5, 0.6) is 0 Å². The van der Waals surface area contributed by atoms with Crippen molar-refractivity contribution in [3.63, 3.8) is 0 Å². The van der Waals surface area contributed by atoms with Crippen molar-refractivity contribution in [2.24, 2.45) is 0 Å². The molecule has 4 unspecified atom stereocenters. The molecule has 4 atom stereocenters. The fourth-order valence-corrected chi connectivity index (χ4v) is 13.2. The van der Waals surface area contributed by atoms with Gasteiger partial charge in [0.05, 0.1) is 0 Å². The average molecular weight is 1030 g/mol. The van der Waals surface area contributed by atoms with Crippen LogP contribution in [0.15, 0.2) is 0 Å². The maximum atomic E-state index is 11.2. The molecule has 0 radical (unpaired) electrons. The Bertz CT molecular complexity index is 1560. The Hall–Kier alpha value is 1.64. The predicted octanol–water partition coefficient (Wildman–Crippen LogP) is -2.56. The summed E-state index contributed by atoms with van der Waals surface area (Å²) < 4.78 is 153. The summed E-state index contributed by atoms with van der Waals surface area (Å²) >= 11 is 0. The molecular formula is H20O40P12. The van der Waals surface area contributed by atoms with Gasteiger partial charge in [0.25, 0.3) is 0 Å². The van der Waals surface area contributed by atoms with E-state index in [-0.39, 0.29) is 5.48 Å². The van der Waals surface area contributed by atoms with Crippen LogP contribution < -0.4 is 0 Å². The van der Waals surface area contributed by atoms with Crippen LogP contribution in [0.25, 0.3) is 0 Å². The molecule has 20 N–H and O–H groups in total.